The first kappa shape index (κ1) is 26.2. The summed E-state index contributed by atoms with van der Waals surface area (Å²) in [5.74, 6) is 0.301. The maximum Gasteiger partial charge on any atom is 0.430 e. The quantitative estimate of drug-likeness (QED) is 0.562. The number of alkyl halides is 6. The van der Waals surface area contributed by atoms with E-state index in [9.17, 15) is 36.2 Å². The minimum Gasteiger partial charge on any atom is -0.396 e. The Kier molecular flexibility index (Phi) is 8.44. The van der Waals surface area contributed by atoms with Crippen LogP contribution in [0.5, 0.6) is 0 Å². The molecular weight excluding hydrogens is 442 g/mol. The van der Waals surface area contributed by atoms with Crippen molar-refractivity contribution in [2.45, 2.75) is 57.0 Å². The van der Waals surface area contributed by atoms with Gasteiger partial charge in [-0.3, -0.25) is 4.90 Å². The van der Waals surface area contributed by atoms with Crippen LogP contribution in [0.25, 0.3) is 0 Å². The lowest BCUT2D eigenvalue weighted by Crippen LogP contribution is -2.53. The Bertz CT molecular complexity index is 729. The van der Waals surface area contributed by atoms with Gasteiger partial charge < -0.3 is 15.1 Å². The number of carbonyl (C=O) groups excluding carboxylic acids is 1. The van der Waals surface area contributed by atoms with Gasteiger partial charge in [0.05, 0.1) is 0 Å². The number of amides is 2. The fourth-order valence-electron chi connectivity index (χ4n) is 3.79. The van der Waals surface area contributed by atoms with E-state index in [1.165, 1.54) is 4.90 Å². The van der Waals surface area contributed by atoms with E-state index < -0.39 is 23.5 Å². The van der Waals surface area contributed by atoms with Gasteiger partial charge in [-0.1, -0.05) is 25.5 Å². The number of hydrogen-bond donors (Lipinski definition) is 2. The van der Waals surface area contributed by atoms with E-state index in [-0.39, 0.29) is 24.9 Å². The summed E-state index contributed by atoms with van der Waals surface area (Å²) >= 11 is 0. The van der Waals surface area contributed by atoms with Gasteiger partial charge in [-0.2, -0.15) is 26.3 Å². The Morgan fingerprint density at radius 3 is 2.03 bits per heavy atom. The molecule has 2 N–H and O–H groups in total. The number of benzene rings is 1. The molecule has 1 heterocycles. The molecular formula is C21H28F6N2O3. The third-order valence-corrected chi connectivity index (χ3v) is 5.81. The Morgan fingerprint density at radius 2 is 1.59 bits per heavy atom. The van der Waals surface area contributed by atoms with Crippen molar-refractivity contribution in [3.8, 4) is 0 Å². The topological polar surface area (TPSA) is 64.0 Å². The molecule has 1 aromatic rings. The fourth-order valence-corrected chi connectivity index (χ4v) is 3.79. The molecule has 0 bridgehead atoms. The van der Waals surface area contributed by atoms with E-state index in [4.69, 9.17) is 5.11 Å². The van der Waals surface area contributed by atoms with Crippen molar-refractivity contribution in [1.29, 1.82) is 0 Å². The Hall–Kier alpha value is -2.01. The van der Waals surface area contributed by atoms with Gasteiger partial charge in [-0.25, -0.2) is 4.79 Å². The van der Waals surface area contributed by atoms with Crippen LogP contribution < -0.4 is 4.90 Å². The number of rotatable bonds is 7. The zero-order valence-electron chi connectivity index (χ0n) is 17.7. The SMILES string of the molecule is CCCCN(C(=O)N1CCC(CCO)CC1)c1ccc(C(O)(C(F)(F)F)C(F)(F)F)cc1. The molecule has 1 aliphatic rings. The molecule has 32 heavy (non-hydrogen) atoms. The number of urea groups is 1. The zero-order valence-corrected chi connectivity index (χ0v) is 17.7. The van der Waals surface area contributed by atoms with Crippen molar-refractivity contribution in [2.24, 2.45) is 5.92 Å². The van der Waals surface area contributed by atoms with Crippen LogP contribution in [0, 0.1) is 5.92 Å². The summed E-state index contributed by atoms with van der Waals surface area (Å²) < 4.78 is 78.7. The Morgan fingerprint density at radius 1 is 1.06 bits per heavy atom. The van der Waals surface area contributed by atoms with Crippen molar-refractivity contribution >= 4 is 11.7 Å². The van der Waals surface area contributed by atoms with Crippen LogP contribution in [0.2, 0.25) is 0 Å². The molecule has 5 nitrogen and oxygen atoms in total. The number of halogens is 6. The molecule has 2 rings (SSSR count). The number of piperidine rings is 1. The highest BCUT2D eigenvalue weighted by Crippen LogP contribution is 2.50. The monoisotopic (exact) mass is 470 g/mol. The minimum atomic E-state index is -5.97. The zero-order chi connectivity index (χ0) is 24.2. The Balaban J connectivity index is 2.28. The first-order valence-corrected chi connectivity index (χ1v) is 10.5. The predicted molar refractivity (Wildman–Crippen MR) is 106 cm³/mol. The van der Waals surface area contributed by atoms with E-state index in [0.29, 0.717) is 56.8 Å². The number of unbranched alkanes of at least 4 members (excludes halogenated alkanes) is 1. The summed E-state index contributed by atoms with van der Waals surface area (Å²) in [5, 5.41) is 18.6. The summed E-state index contributed by atoms with van der Waals surface area (Å²) in [6, 6.07) is 2.70. The molecule has 0 aromatic heterocycles. The molecule has 1 fully saturated rings. The smallest absolute Gasteiger partial charge is 0.396 e. The fraction of sp³-hybridized carbons (Fsp3) is 0.667. The molecule has 1 aromatic carbocycles. The van der Waals surface area contributed by atoms with Crippen LogP contribution in [-0.2, 0) is 5.60 Å². The van der Waals surface area contributed by atoms with E-state index in [1.807, 2.05) is 6.92 Å². The van der Waals surface area contributed by atoms with Crippen LogP contribution >= 0.6 is 0 Å². The number of anilines is 1. The van der Waals surface area contributed by atoms with Crippen LogP contribution in [-0.4, -0.2) is 59.7 Å². The normalized spacial score (nSPS) is 16.3. The van der Waals surface area contributed by atoms with Gasteiger partial charge in [0.2, 0.25) is 0 Å². The number of aliphatic hydroxyl groups excluding tert-OH is 1. The molecule has 182 valence electrons. The maximum atomic E-state index is 13.1. The molecule has 0 unspecified atom stereocenters. The molecule has 1 saturated heterocycles. The van der Waals surface area contributed by atoms with Crippen LogP contribution in [0.1, 0.15) is 44.6 Å². The first-order chi connectivity index (χ1) is 14.9. The molecule has 11 heteroatoms. The summed E-state index contributed by atoms with van der Waals surface area (Å²) in [4.78, 5) is 16.0. The highest BCUT2D eigenvalue weighted by molar-refractivity contribution is 5.92. The molecule has 0 radical (unpaired) electrons. The highest BCUT2D eigenvalue weighted by atomic mass is 19.4. The van der Waals surface area contributed by atoms with E-state index in [0.717, 1.165) is 18.6 Å². The average Bonchev–Trinajstić information content (AvgIpc) is 2.73. The van der Waals surface area contributed by atoms with E-state index >= 15 is 0 Å². The number of likely N-dealkylation sites (tertiary alicyclic amines) is 1. The molecule has 0 aliphatic carbocycles. The van der Waals surface area contributed by atoms with E-state index in [2.05, 4.69) is 0 Å². The minimum absolute atomic E-state index is 0.0653. The second-order valence-electron chi connectivity index (χ2n) is 7.98. The lowest BCUT2D eigenvalue weighted by molar-refractivity contribution is -0.376. The van der Waals surface area contributed by atoms with Gasteiger partial charge >= 0.3 is 18.4 Å². The largest absolute Gasteiger partial charge is 0.430 e. The number of nitrogens with zero attached hydrogens (tertiary/aromatic N) is 2. The first-order valence-electron chi connectivity index (χ1n) is 10.5. The molecule has 0 spiro atoms. The Labute approximate surface area is 182 Å². The summed E-state index contributed by atoms with van der Waals surface area (Å²) in [6.45, 7) is 3.10. The second-order valence-corrected chi connectivity index (χ2v) is 7.98. The molecule has 0 saturated carbocycles. The second kappa shape index (κ2) is 10.3. The molecule has 0 atom stereocenters. The van der Waals surface area contributed by atoms with Gasteiger partial charge in [0.25, 0.3) is 5.60 Å². The lowest BCUT2D eigenvalue weighted by Gasteiger charge is -2.36. The molecule has 2 amide bonds. The van der Waals surface area contributed by atoms with Crippen molar-refractivity contribution in [3.05, 3.63) is 29.8 Å². The van der Waals surface area contributed by atoms with Crippen molar-refractivity contribution in [3.63, 3.8) is 0 Å². The predicted octanol–water partition coefficient (Wildman–Crippen LogP) is 4.82. The van der Waals surface area contributed by atoms with Gasteiger partial charge in [0, 0.05) is 37.5 Å². The van der Waals surface area contributed by atoms with Crippen LogP contribution in [0.15, 0.2) is 24.3 Å². The average molecular weight is 470 g/mol. The number of aliphatic hydroxyl groups is 2. The van der Waals surface area contributed by atoms with Crippen LogP contribution in [0.3, 0.4) is 0 Å². The van der Waals surface area contributed by atoms with Gasteiger partial charge in [0.15, 0.2) is 0 Å². The van der Waals surface area contributed by atoms with Gasteiger partial charge in [-0.15, -0.1) is 0 Å². The van der Waals surface area contributed by atoms with Gasteiger partial charge in [-0.05, 0) is 43.7 Å². The van der Waals surface area contributed by atoms with Gasteiger partial charge in [0.1, 0.15) is 0 Å². The molecule has 1 aliphatic heterocycles. The number of carbonyl (C=O) groups is 1. The van der Waals surface area contributed by atoms with Crippen molar-refractivity contribution in [1.82, 2.24) is 4.90 Å². The van der Waals surface area contributed by atoms with Crippen molar-refractivity contribution in [2.75, 3.05) is 31.1 Å². The summed E-state index contributed by atoms with van der Waals surface area (Å²) in [7, 11) is 0. The standard InChI is InChI=1S/C21H28F6N2O3/c1-2-3-11-29(18(31)28-12-8-15(9-13-28)10-14-30)17-6-4-16(5-7-17)19(32,20(22,23)24)21(25,26)27/h4-7,15,30,32H,2-3,8-14H2,1H3. The van der Waals surface area contributed by atoms with E-state index in [1.54, 1.807) is 4.90 Å². The lowest BCUT2D eigenvalue weighted by atomic mass is 9.92. The van der Waals surface area contributed by atoms with Crippen LogP contribution in [0.4, 0.5) is 36.8 Å². The summed E-state index contributed by atoms with van der Waals surface area (Å²) in [5.41, 5.74) is -6.23. The number of hydrogen-bond acceptors (Lipinski definition) is 3. The summed E-state index contributed by atoms with van der Waals surface area (Å²) in [6.07, 6.45) is -8.57. The third-order valence-electron chi connectivity index (χ3n) is 5.81. The maximum absolute atomic E-state index is 13.1. The third kappa shape index (κ3) is 5.48. The highest BCUT2D eigenvalue weighted by Gasteiger charge is 2.71. The van der Waals surface area contributed by atoms with Crippen molar-refractivity contribution < 1.29 is 41.4 Å².